The number of rotatable bonds is 9. The zero-order chi connectivity index (χ0) is 22.8. The van der Waals surface area contributed by atoms with Crippen molar-refractivity contribution in [1.82, 2.24) is 4.57 Å². The number of fused-ring (bicyclic) bond motifs is 1. The Labute approximate surface area is 210 Å². The van der Waals surface area contributed by atoms with Crippen LogP contribution in [0.1, 0.15) is 37.7 Å². The van der Waals surface area contributed by atoms with Crippen LogP contribution in [0.4, 0.5) is 0 Å². The van der Waals surface area contributed by atoms with E-state index in [0.717, 1.165) is 55.0 Å². The number of hydrogen-bond donors (Lipinski definition) is 0. The second-order valence-electron chi connectivity index (χ2n) is 8.36. The van der Waals surface area contributed by atoms with Gasteiger partial charge in [0.15, 0.2) is 0 Å². The predicted molar refractivity (Wildman–Crippen MR) is 125 cm³/mol. The topological polar surface area (TPSA) is 97.7 Å². The zero-order valence-corrected chi connectivity index (χ0v) is 20.9. The molecule has 4 rings (SSSR count). The van der Waals surface area contributed by atoms with E-state index in [1.54, 1.807) is 12.1 Å². The van der Waals surface area contributed by atoms with E-state index < -0.39 is 21.7 Å². The molecular weight excluding hydrogens is 455 g/mol. The fraction of sp³-hybridized carbons (Fsp3) is 0.375. The third-order valence-corrected chi connectivity index (χ3v) is 6.37. The summed E-state index contributed by atoms with van der Waals surface area (Å²) in [6.45, 7) is 0.807. The van der Waals surface area contributed by atoms with Crippen molar-refractivity contribution in [2.75, 3.05) is 6.26 Å². The van der Waals surface area contributed by atoms with Crippen LogP contribution in [0.25, 0.3) is 10.9 Å². The van der Waals surface area contributed by atoms with Crippen LogP contribution in [-0.2, 0) is 27.9 Å². The molecule has 2 aromatic carbocycles. The molecule has 1 heterocycles. The number of aromatic nitrogens is 1. The number of ether oxygens (including phenoxy) is 1. The van der Waals surface area contributed by atoms with Gasteiger partial charge < -0.3 is 23.4 Å². The van der Waals surface area contributed by atoms with Crippen LogP contribution in [0, 0.1) is 0 Å². The van der Waals surface area contributed by atoms with Gasteiger partial charge in [-0.05, 0) is 80.5 Å². The number of nitrogens with zero attached hydrogens (tertiary/aromatic N) is 1. The van der Waals surface area contributed by atoms with Gasteiger partial charge in [-0.1, -0.05) is 12.1 Å². The maximum absolute atomic E-state index is 11.5. The van der Waals surface area contributed by atoms with Crippen molar-refractivity contribution in [2.45, 2.75) is 50.7 Å². The Hall–Kier alpha value is -2.23. The van der Waals surface area contributed by atoms with E-state index in [4.69, 9.17) is 8.92 Å². The van der Waals surface area contributed by atoms with Crippen LogP contribution in [0.2, 0.25) is 0 Å². The first kappa shape index (κ1) is 25.4. The van der Waals surface area contributed by atoms with Crippen molar-refractivity contribution >= 4 is 50.0 Å². The van der Waals surface area contributed by atoms with E-state index in [1.165, 1.54) is 0 Å². The van der Waals surface area contributed by atoms with Gasteiger partial charge in [-0.2, -0.15) is 8.42 Å². The summed E-state index contributed by atoms with van der Waals surface area (Å²) < 4.78 is 35.5. The number of carbonyl (C=O) groups excluding carboxylic acids is 1. The Bertz CT molecular complexity index is 1210. The molecule has 0 radical (unpaired) electrons. The third-order valence-electron chi connectivity index (χ3n) is 5.87. The summed E-state index contributed by atoms with van der Waals surface area (Å²) in [5.74, 6) is -0.269. The fourth-order valence-corrected chi connectivity index (χ4v) is 4.75. The minimum Gasteiger partial charge on any atom is -0.546 e. The van der Waals surface area contributed by atoms with Gasteiger partial charge in [-0.3, -0.25) is 0 Å². The summed E-state index contributed by atoms with van der Waals surface area (Å²) in [5, 5.41) is 12.5. The molecule has 0 spiro atoms. The number of aryl methyl sites for hydroxylation is 2. The maximum Gasteiger partial charge on any atom is 2.00 e. The molecule has 1 aromatic heterocycles. The molecule has 0 aliphatic heterocycles. The summed E-state index contributed by atoms with van der Waals surface area (Å²) in [5.41, 5.74) is 0.966. The van der Waals surface area contributed by atoms with E-state index in [2.05, 4.69) is 4.57 Å². The maximum atomic E-state index is 11.5. The number of aliphatic carboxylic acids is 1. The Morgan fingerprint density at radius 2 is 1.73 bits per heavy atom. The molecule has 33 heavy (non-hydrogen) atoms. The van der Waals surface area contributed by atoms with Gasteiger partial charge in [0.2, 0.25) is 0 Å². The van der Waals surface area contributed by atoms with E-state index in [9.17, 15) is 18.3 Å². The first-order valence-electron chi connectivity index (χ1n) is 10.7. The molecule has 1 aliphatic carbocycles. The van der Waals surface area contributed by atoms with Crippen LogP contribution in [-0.4, -0.2) is 53.9 Å². The fourth-order valence-electron chi connectivity index (χ4n) is 4.30. The Balaban J connectivity index is 0.00000306. The average Bonchev–Trinajstić information content (AvgIpc) is 3.36. The quantitative estimate of drug-likeness (QED) is 0.345. The first-order chi connectivity index (χ1) is 15.2. The summed E-state index contributed by atoms with van der Waals surface area (Å²) >= 11 is 0. The molecule has 7 nitrogen and oxygen atoms in total. The third kappa shape index (κ3) is 6.21. The Kier molecular flexibility index (Phi) is 7.97. The van der Waals surface area contributed by atoms with Crippen molar-refractivity contribution in [1.29, 1.82) is 0 Å². The molecule has 1 fully saturated rings. The van der Waals surface area contributed by atoms with Crippen molar-refractivity contribution in [3.63, 3.8) is 0 Å². The molecule has 0 amide bonds. The van der Waals surface area contributed by atoms with Crippen LogP contribution >= 0.6 is 0 Å². The molecule has 0 atom stereocenters. The number of carbonyl (C=O) groups is 1. The van der Waals surface area contributed by atoms with Crippen LogP contribution in [0.5, 0.6) is 11.5 Å². The summed E-state index contributed by atoms with van der Waals surface area (Å²) in [6.07, 6.45) is 7.44. The van der Waals surface area contributed by atoms with Gasteiger partial charge in [0.25, 0.3) is 0 Å². The number of hydrogen-bond acceptors (Lipinski definition) is 6. The van der Waals surface area contributed by atoms with Crippen molar-refractivity contribution in [3.05, 3.63) is 60.3 Å². The van der Waals surface area contributed by atoms with Gasteiger partial charge in [0, 0.05) is 23.6 Å². The summed E-state index contributed by atoms with van der Waals surface area (Å²) in [7, 11) is -3.55. The van der Waals surface area contributed by atoms with Crippen molar-refractivity contribution < 1.29 is 27.2 Å². The van der Waals surface area contributed by atoms with Gasteiger partial charge in [-0.25, -0.2) is 0 Å². The molecule has 0 N–H and O–H groups in total. The predicted octanol–water partition coefficient (Wildman–Crippen LogP) is 2.67. The SMILES string of the molecule is CS(=O)(=O)Oc1ccc2c(ccn2CCCc2ccc(OC3(C(=O)[O-])CCCC3)cc2)c1.[Mg+2]. The van der Waals surface area contributed by atoms with E-state index in [-0.39, 0.29) is 23.1 Å². The second-order valence-corrected chi connectivity index (χ2v) is 9.93. The smallest absolute Gasteiger partial charge is 0.546 e. The van der Waals surface area contributed by atoms with E-state index >= 15 is 0 Å². The molecule has 1 aliphatic rings. The normalized spacial score (nSPS) is 15.2. The molecule has 1 saturated carbocycles. The molecular formula is C24H26MgNO6S+. The van der Waals surface area contributed by atoms with Gasteiger partial charge in [-0.15, -0.1) is 0 Å². The summed E-state index contributed by atoms with van der Waals surface area (Å²) in [4.78, 5) is 11.5. The molecule has 0 bridgehead atoms. The van der Waals surface area contributed by atoms with Gasteiger partial charge >= 0.3 is 33.2 Å². The monoisotopic (exact) mass is 480 g/mol. The van der Waals surface area contributed by atoms with Crippen LogP contribution < -0.4 is 14.0 Å². The number of carboxylic acids is 1. The molecule has 170 valence electrons. The average molecular weight is 481 g/mol. The van der Waals surface area contributed by atoms with E-state index in [0.29, 0.717) is 24.3 Å². The minimum atomic E-state index is -3.55. The second kappa shape index (κ2) is 10.4. The summed E-state index contributed by atoms with van der Waals surface area (Å²) in [6, 6.07) is 14.8. The van der Waals surface area contributed by atoms with Crippen molar-refractivity contribution in [3.8, 4) is 11.5 Å². The number of benzene rings is 2. The van der Waals surface area contributed by atoms with E-state index in [1.807, 2.05) is 42.6 Å². The Morgan fingerprint density at radius 3 is 2.36 bits per heavy atom. The minimum absolute atomic E-state index is 0. The van der Waals surface area contributed by atoms with Crippen LogP contribution in [0.3, 0.4) is 0 Å². The number of carboxylic acid groups (broad SMARTS) is 1. The molecule has 0 unspecified atom stereocenters. The van der Waals surface area contributed by atoms with Crippen molar-refractivity contribution in [2.24, 2.45) is 0 Å². The molecule has 3 aromatic rings. The molecule has 0 saturated heterocycles. The van der Waals surface area contributed by atoms with Gasteiger partial charge in [0.1, 0.15) is 17.1 Å². The largest absolute Gasteiger partial charge is 2.00 e. The van der Waals surface area contributed by atoms with Gasteiger partial charge in [0.05, 0.1) is 12.2 Å². The zero-order valence-electron chi connectivity index (χ0n) is 18.7. The molecule has 9 heteroatoms. The first-order valence-corrected chi connectivity index (χ1v) is 12.5. The Morgan fingerprint density at radius 1 is 1.06 bits per heavy atom. The van der Waals surface area contributed by atoms with Crippen LogP contribution in [0.15, 0.2) is 54.7 Å². The standard InChI is InChI=1S/C24H27NO6S.Mg/c1-32(28,29)31-21-10-11-22-19(17-21)12-16-25(22)15-4-5-18-6-8-20(9-7-18)30-24(23(26)27)13-2-3-14-24;/h6-12,16-17H,2-5,13-15H2,1H3,(H,26,27);/q;+2/p-1.